The second kappa shape index (κ2) is 5.12. The number of benzene rings is 4. The lowest BCUT2D eigenvalue weighted by atomic mass is 9.93. The van der Waals surface area contributed by atoms with Crippen molar-refractivity contribution in [1.82, 2.24) is 0 Å². The molecular weight excluding hydrogens is 316 g/mol. The molecule has 0 aliphatic carbocycles. The molecule has 1 nitrogen and oxygen atoms in total. The summed E-state index contributed by atoms with van der Waals surface area (Å²) in [7, 11) is 0. The lowest BCUT2D eigenvalue weighted by Crippen LogP contribution is -1.89. The Morgan fingerprint density at radius 3 is 2.04 bits per heavy atom. The van der Waals surface area contributed by atoms with E-state index in [0.717, 1.165) is 39.0 Å². The second-order valence-corrected chi connectivity index (χ2v) is 6.33. The topological polar surface area (TPSA) is 9.23 Å². The largest absolute Gasteiger partial charge is 0.454 e. The van der Waals surface area contributed by atoms with Crippen molar-refractivity contribution in [2.45, 2.75) is 0 Å². The van der Waals surface area contributed by atoms with Crippen LogP contribution in [0.1, 0.15) is 0 Å². The minimum atomic E-state index is 0.628. The van der Waals surface area contributed by atoms with Gasteiger partial charge in [0.2, 0.25) is 0 Å². The van der Waals surface area contributed by atoms with Crippen molar-refractivity contribution in [2.75, 3.05) is 0 Å². The van der Waals surface area contributed by atoms with Crippen LogP contribution in [-0.2, 0) is 0 Å². The van der Waals surface area contributed by atoms with Gasteiger partial charge in [0.1, 0.15) is 5.75 Å². The summed E-state index contributed by atoms with van der Waals surface area (Å²) in [5.41, 5.74) is 4.43. The summed E-state index contributed by atoms with van der Waals surface area (Å²) in [6.07, 6.45) is 0. The fourth-order valence-electron chi connectivity index (χ4n) is 3.44. The molecule has 1 aliphatic heterocycles. The average Bonchev–Trinajstić information content (AvgIpc) is 2.78. The Morgan fingerprint density at radius 2 is 1.21 bits per heavy atom. The van der Waals surface area contributed by atoms with E-state index >= 15 is 0 Å². The SMILES string of the molecule is Clc1cccc2c1Oc1c(ccc3ccccc13)-c1ccccc1-2. The van der Waals surface area contributed by atoms with Crippen LogP contribution in [0, 0.1) is 0 Å². The minimum absolute atomic E-state index is 0.628. The van der Waals surface area contributed by atoms with Crippen molar-refractivity contribution in [3.63, 3.8) is 0 Å². The van der Waals surface area contributed by atoms with Crippen LogP contribution in [0.4, 0.5) is 0 Å². The van der Waals surface area contributed by atoms with E-state index in [-0.39, 0.29) is 0 Å². The molecule has 0 saturated heterocycles. The summed E-state index contributed by atoms with van der Waals surface area (Å²) < 4.78 is 6.40. The molecule has 114 valence electrons. The minimum Gasteiger partial charge on any atom is -0.454 e. The van der Waals surface area contributed by atoms with Gasteiger partial charge in [-0.05, 0) is 28.6 Å². The molecule has 2 heteroatoms. The molecule has 1 heterocycles. The van der Waals surface area contributed by atoms with Crippen LogP contribution in [0.5, 0.6) is 11.5 Å². The molecule has 0 radical (unpaired) electrons. The van der Waals surface area contributed by atoms with Gasteiger partial charge in [0, 0.05) is 16.5 Å². The Balaban J connectivity index is 1.96. The van der Waals surface area contributed by atoms with Gasteiger partial charge in [-0.15, -0.1) is 0 Å². The Hall–Kier alpha value is -2.77. The highest BCUT2D eigenvalue weighted by Gasteiger charge is 2.23. The van der Waals surface area contributed by atoms with Crippen molar-refractivity contribution in [1.29, 1.82) is 0 Å². The van der Waals surface area contributed by atoms with Crippen LogP contribution in [0.25, 0.3) is 33.0 Å². The smallest absolute Gasteiger partial charge is 0.153 e. The maximum atomic E-state index is 6.47. The molecule has 0 bridgehead atoms. The van der Waals surface area contributed by atoms with Crippen LogP contribution < -0.4 is 4.74 Å². The van der Waals surface area contributed by atoms with E-state index in [1.807, 2.05) is 24.3 Å². The molecule has 0 amide bonds. The first-order valence-corrected chi connectivity index (χ1v) is 8.28. The fourth-order valence-corrected chi connectivity index (χ4v) is 3.66. The van der Waals surface area contributed by atoms with Gasteiger partial charge in [-0.3, -0.25) is 0 Å². The zero-order valence-electron chi connectivity index (χ0n) is 12.8. The first kappa shape index (κ1) is 13.6. The molecule has 1 aliphatic rings. The average molecular weight is 329 g/mol. The first-order valence-electron chi connectivity index (χ1n) is 7.91. The number of fused-ring (bicyclic) bond motifs is 7. The molecule has 4 aromatic rings. The number of para-hydroxylation sites is 1. The lowest BCUT2D eigenvalue weighted by molar-refractivity contribution is 0.493. The van der Waals surface area contributed by atoms with Gasteiger partial charge in [-0.25, -0.2) is 0 Å². The number of ether oxygens (including phenoxy) is 1. The molecule has 0 N–H and O–H groups in total. The van der Waals surface area contributed by atoms with Crippen molar-refractivity contribution in [2.24, 2.45) is 0 Å². The van der Waals surface area contributed by atoms with Crippen molar-refractivity contribution < 1.29 is 4.74 Å². The predicted octanol–water partition coefficient (Wildman–Crippen LogP) is 6.93. The van der Waals surface area contributed by atoms with E-state index in [0.29, 0.717) is 5.02 Å². The van der Waals surface area contributed by atoms with Gasteiger partial charge in [-0.1, -0.05) is 78.3 Å². The highest BCUT2D eigenvalue weighted by atomic mass is 35.5. The third kappa shape index (κ3) is 1.88. The Morgan fingerprint density at radius 1 is 0.542 bits per heavy atom. The van der Waals surface area contributed by atoms with Crippen molar-refractivity contribution >= 4 is 22.4 Å². The summed E-state index contributed by atoms with van der Waals surface area (Å²) >= 11 is 6.47. The van der Waals surface area contributed by atoms with E-state index in [1.54, 1.807) is 0 Å². The lowest BCUT2D eigenvalue weighted by Gasteiger charge is -2.13. The first-order chi connectivity index (χ1) is 11.8. The third-order valence-corrected chi connectivity index (χ3v) is 4.86. The van der Waals surface area contributed by atoms with Gasteiger partial charge in [0.15, 0.2) is 5.75 Å². The van der Waals surface area contributed by atoms with Gasteiger partial charge in [-0.2, -0.15) is 0 Å². The summed E-state index contributed by atoms with van der Waals surface area (Å²) in [5, 5.41) is 2.88. The molecule has 4 aromatic carbocycles. The van der Waals surface area contributed by atoms with Crippen LogP contribution in [0.15, 0.2) is 78.9 Å². The van der Waals surface area contributed by atoms with Crippen LogP contribution in [-0.4, -0.2) is 0 Å². The number of rotatable bonds is 0. The number of hydrogen-bond donors (Lipinski definition) is 0. The number of hydrogen-bond acceptors (Lipinski definition) is 1. The Labute approximate surface area is 145 Å². The molecule has 0 unspecified atom stereocenters. The Bertz CT molecular complexity index is 1100. The zero-order chi connectivity index (χ0) is 16.1. The van der Waals surface area contributed by atoms with Gasteiger partial charge >= 0.3 is 0 Å². The Kier molecular flexibility index (Phi) is 2.91. The van der Waals surface area contributed by atoms with Gasteiger partial charge < -0.3 is 4.74 Å². The molecule has 5 rings (SSSR count). The van der Waals surface area contributed by atoms with Crippen LogP contribution >= 0.6 is 11.6 Å². The second-order valence-electron chi connectivity index (χ2n) is 5.93. The molecule has 0 fully saturated rings. The highest BCUT2D eigenvalue weighted by Crippen LogP contribution is 2.50. The zero-order valence-corrected chi connectivity index (χ0v) is 13.5. The molecule has 0 spiro atoms. The fraction of sp³-hybridized carbons (Fsp3) is 0. The van der Waals surface area contributed by atoms with Crippen molar-refractivity contribution in [3.8, 4) is 33.8 Å². The quantitative estimate of drug-likeness (QED) is 0.299. The van der Waals surface area contributed by atoms with E-state index in [2.05, 4.69) is 54.6 Å². The van der Waals surface area contributed by atoms with Crippen molar-refractivity contribution in [3.05, 3.63) is 83.9 Å². The van der Waals surface area contributed by atoms with E-state index in [4.69, 9.17) is 16.3 Å². The summed E-state index contributed by atoms with van der Waals surface area (Å²) in [6.45, 7) is 0. The third-order valence-electron chi connectivity index (χ3n) is 4.56. The van der Waals surface area contributed by atoms with Crippen LogP contribution in [0.3, 0.4) is 0 Å². The molecule has 0 atom stereocenters. The maximum absolute atomic E-state index is 6.47. The normalized spacial score (nSPS) is 11.9. The summed E-state index contributed by atoms with van der Waals surface area (Å²) in [6, 6.07) is 26.8. The molecule has 24 heavy (non-hydrogen) atoms. The standard InChI is InChI=1S/C22H13ClO/c23-20-11-5-10-18-16-8-3-4-9-17(16)19-13-12-14-6-1-2-7-15(14)21(19)24-22(18)20/h1-13H. The van der Waals surface area contributed by atoms with Gasteiger partial charge in [0.05, 0.1) is 5.02 Å². The van der Waals surface area contributed by atoms with E-state index in [1.165, 1.54) is 5.56 Å². The molecular formula is C22H13ClO. The number of halogens is 1. The van der Waals surface area contributed by atoms with Crippen LogP contribution in [0.2, 0.25) is 5.02 Å². The molecule has 0 aromatic heterocycles. The van der Waals surface area contributed by atoms with E-state index < -0.39 is 0 Å². The maximum Gasteiger partial charge on any atom is 0.153 e. The highest BCUT2D eigenvalue weighted by molar-refractivity contribution is 6.32. The van der Waals surface area contributed by atoms with Gasteiger partial charge in [0.25, 0.3) is 0 Å². The summed E-state index contributed by atoms with van der Waals surface area (Å²) in [4.78, 5) is 0. The molecule has 0 saturated carbocycles. The summed E-state index contributed by atoms with van der Waals surface area (Å²) in [5.74, 6) is 1.59. The van der Waals surface area contributed by atoms with E-state index in [9.17, 15) is 0 Å². The monoisotopic (exact) mass is 328 g/mol. The predicted molar refractivity (Wildman–Crippen MR) is 99.9 cm³/mol.